The molecule has 0 fully saturated rings. The van der Waals surface area contributed by atoms with Crippen LogP contribution in [0.15, 0.2) is 6.20 Å². The van der Waals surface area contributed by atoms with Gasteiger partial charge in [0.2, 0.25) is 0 Å². The summed E-state index contributed by atoms with van der Waals surface area (Å²) in [6.45, 7) is 10.6. The van der Waals surface area contributed by atoms with E-state index in [9.17, 15) is 4.79 Å². The van der Waals surface area contributed by atoms with Crippen LogP contribution >= 0.6 is 0 Å². The van der Waals surface area contributed by atoms with Crippen molar-refractivity contribution < 1.29 is 37.5 Å². The molecule has 1 aromatic heterocycles. The van der Waals surface area contributed by atoms with Crippen molar-refractivity contribution in [3.8, 4) is 0 Å². The molecule has 0 aliphatic heterocycles. The van der Waals surface area contributed by atoms with Crippen LogP contribution in [0.5, 0.6) is 0 Å². The summed E-state index contributed by atoms with van der Waals surface area (Å²) in [5.41, 5.74) is 0.852. The number of carbonyl (C=O) groups is 1. The molecule has 6 heteroatoms. The van der Waals surface area contributed by atoms with Gasteiger partial charge in [0.1, 0.15) is 0 Å². The summed E-state index contributed by atoms with van der Waals surface area (Å²) in [4.78, 5) is 11.3. The molecule has 1 radical (unpaired) electrons. The second-order valence-electron chi connectivity index (χ2n) is 3.43. The molecule has 0 saturated carbocycles. The fraction of sp³-hybridized carbons (Fsp3) is 0.636. The van der Waals surface area contributed by atoms with Gasteiger partial charge in [0, 0.05) is 44.8 Å². The Morgan fingerprint density at radius 3 is 2.35 bits per heavy atom. The average Bonchev–Trinajstić information content (AvgIpc) is 2.75. The van der Waals surface area contributed by atoms with Crippen LogP contribution in [0.2, 0.25) is 0 Å². The molecule has 1 heterocycles. The molecule has 0 bridgehead atoms. The standard InChI is InChI=1S/C9H16N4O.C2H5.Y/c1-6-5-13(12-11-6)8(3)7(2)9(14)10-4;1-2;/h5,7-8H,1-4H3,(H,10,14);1H2,2H3;/q;-1;/p-1. The second-order valence-corrected chi connectivity index (χ2v) is 3.43. The van der Waals surface area contributed by atoms with Gasteiger partial charge in [-0.05, 0) is 13.8 Å². The van der Waals surface area contributed by atoms with Crippen molar-refractivity contribution >= 4 is 5.91 Å². The molecular formula is C11H20N4OY-2. The van der Waals surface area contributed by atoms with Crippen LogP contribution in [0, 0.1) is 19.8 Å². The van der Waals surface area contributed by atoms with Gasteiger partial charge >= 0.3 is 0 Å². The largest absolute Gasteiger partial charge is 0.656 e. The van der Waals surface area contributed by atoms with Crippen LogP contribution in [0.3, 0.4) is 0 Å². The zero-order valence-corrected chi connectivity index (χ0v) is 14.1. The predicted molar refractivity (Wildman–Crippen MR) is 64.0 cm³/mol. The summed E-state index contributed by atoms with van der Waals surface area (Å²) in [5, 5.41) is 11.4. The Bertz CT molecular complexity index is 327. The molecule has 2 unspecified atom stereocenters. The molecule has 2 atom stereocenters. The third-order valence-corrected chi connectivity index (χ3v) is 2.38. The Labute approximate surface area is 129 Å². The van der Waals surface area contributed by atoms with Crippen LogP contribution in [0.25, 0.3) is 5.32 Å². The first-order chi connectivity index (χ1) is 7.56. The fourth-order valence-electron chi connectivity index (χ4n) is 1.20. The number of hydrogen-bond acceptors (Lipinski definition) is 3. The maximum atomic E-state index is 11.3. The van der Waals surface area contributed by atoms with Gasteiger partial charge in [-0.15, -0.1) is 12.1 Å². The SMILES string of the molecule is C[N-]C(=O)C(C)C(C)n1cc(C)nn1.[CH2-]C.[Y]. The molecule has 17 heavy (non-hydrogen) atoms. The van der Waals surface area contributed by atoms with Crippen molar-refractivity contribution in [3.05, 3.63) is 24.1 Å². The maximum absolute atomic E-state index is 11.3. The number of carbonyl (C=O) groups excluding carboxylic acids is 1. The molecule has 1 aromatic rings. The summed E-state index contributed by atoms with van der Waals surface area (Å²) in [6, 6.07) is -0.00704. The molecule has 95 valence electrons. The van der Waals surface area contributed by atoms with Gasteiger partial charge in [0.05, 0.1) is 17.6 Å². The summed E-state index contributed by atoms with van der Waals surface area (Å²) in [5.74, 6) is -0.272. The number of amides is 1. The molecule has 0 aliphatic carbocycles. The van der Waals surface area contributed by atoms with E-state index < -0.39 is 0 Å². The van der Waals surface area contributed by atoms with Gasteiger partial charge in [-0.2, -0.15) is 6.92 Å². The van der Waals surface area contributed by atoms with Crippen LogP contribution in [-0.2, 0) is 37.5 Å². The Morgan fingerprint density at radius 1 is 1.47 bits per heavy atom. The Kier molecular flexibility index (Phi) is 10.9. The maximum Gasteiger partial charge on any atom is 0.0796 e. The van der Waals surface area contributed by atoms with Crippen LogP contribution in [0.4, 0.5) is 0 Å². The van der Waals surface area contributed by atoms with E-state index in [0.717, 1.165) is 5.69 Å². The van der Waals surface area contributed by atoms with Crippen molar-refractivity contribution in [3.63, 3.8) is 0 Å². The fourth-order valence-corrected chi connectivity index (χ4v) is 1.20. The van der Waals surface area contributed by atoms with Crippen molar-refractivity contribution in [1.82, 2.24) is 15.0 Å². The monoisotopic (exact) mass is 313 g/mol. The molecule has 5 nitrogen and oxygen atoms in total. The van der Waals surface area contributed by atoms with Gasteiger partial charge < -0.3 is 17.0 Å². The number of nitrogens with zero attached hydrogens (tertiary/aromatic N) is 4. The minimum atomic E-state index is -0.166. The zero-order chi connectivity index (χ0) is 12.7. The zero-order valence-electron chi connectivity index (χ0n) is 11.2. The molecule has 0 saturated heterocycles. The Balaban J connectivity index is 0. The van der Waals surface area contributed by atoms with Crippen LogP contribution in [-0.4, -0.2) is 27.9 Å². The Hall–Kier alpha value is -0.286. The van der Waals surface area contributed by atoms with Crippen molar-refractivity contribution in [1.29, 1.82) is 0 Å². The van der Waals surface area contributed by atoms with Gasteiger partial charge in [0.25, 0.3) is 0 Å². The van der Waals surface area contributed by atoms with Crippen molar-refractivity contribution in [2.45, 2.75) is 33.7 Å². The molecule has 0 N–H and O–H groups in total. The van der Waals surface area contributed by atoms with E-state index in [-0.39, 0.29) is 50.6 Å². The summed E-state index contributed by atoms with van der Waals surface area (Å²) in [7, 11) is 1.51. The number of aryl methyl sites for hydroxylation is 1. The number of aromatic nitrogens is 3. The summed E-state index contributed by atoms with van der Waals surface area (Å²) >= 11 is 0. The normalized spacial score (nSPS) is 12.6. The first-order valence-electron chi connectivity index (χ1n) is 5.29. The van der Waals surface area contributed by atoms with E-state index in [1.165, 1.54) is 7.05 Å². The first kappa shape index (κ1) is 19.1. The molecule has 0 aliphatic rings. The van der Waals surface area contributed by atoms with Crippen molar-refractivity contribution in [2.24, 2.45) is 5.92 Å². The summed E-state index contributed by atoms with van der Waals surface area (Å²) in [6.07, 6.45) is 1.82. The number of rotatable bonds is 3. The molecule has 0 spiro atoms. The minimum absolute atomic E-state index is 0. The van der Waals surface area contributed by atoms with E-state index >= 15 is 0 Å². The van der Waals surface area contributed by atoms with E-state index in [4.69, 9.17) is 0 Å². The van der Waals surface area contributed by atoms with E-state index in [0.29, 0.717) is 0 Å². The first-order valence-corrected chi connectivity index (χ1v) is 5.29. The second kappa shape index (κ2) is 9.71. The third kappa shape index (κ3) is 5.73. The van der Waals surface area contributed by atoms with E-state index in [1.807, 2.05) is 27.0 Å². The molecule has 1 rings (SSSR count). The van der Waals surface area contributed by atoms with E-state index in [2.05, 4.69) is 22.6 Å². The van der Waals surface area contributed by atoms with Crippen LogP contribution < -0.4 is 0 Å². The minimum Gasteiger partial charge on any atom is -0.656 e. The van der Waals surface area contributed by atoms with Crippen LogP contribution in [0.1, 0.15) is 32.5 Å². The van der Waals surface area contributed by atoms with Gasteiger partial charge in [0.15, 0.2) is 0 Å². The smallest absolute Gasteiger partial charge is 0.0796 e. The topological polar surface area (TPSA) is 61.9 Å². The molecule has 1 amide bonds. The number of hydrogen-bond donors (Lipinski definition) is 0. The average molecular weight is 313 g/mol. The molecular weight excluding hydrogens is 293 g/mol. The van der Waals surface area contributed by atoms with E-state index in [1.54, 1.807) is 11.6 Å². The third-order valence-electron chi connectivity index (χ3n) is 2.38. The Morgan fingerprint density at radius 2 is 2.00 bits per heavy atom. The predicted octanol–water partition coefficient (Wildman–Crippen LogP) is 2.15. The van der Waals surface area contributed by atoms with Gasteiger partial charge in [-0.3, -0.25) is 0 Å². The van der Waals surface area contributed by atoms with Gasteiger partial charge in [-0.1, -0.05) is 12.1 Å². The van der Waals surface area contributed by atoms with Gasteiger partial charge in [-0.25, -0.2) is 4.68 Å². The van der Waals surface area contributed by atoms with Crippen molar-refractivity contribution in [2.75, 3.05) is 7.05 Å². The molecule has 0 aromatic carbocycles. The quantitative estimate of drug-likeness (QED) is 0.803. The summed E-state index contributed by atoms with van der Waals surface area (Å²) < 4.78 is 1.70.